The summed E-state index contributed by atoms with van der Waals surface area (Å²) in [6.45, 7) is 0.703. The van der Waals surface area contributed by atoms with Gasteiger partial charge in [0.15, 0.2) is 5.82 Å². The number of hydrogen-bond donors (Lipinski definition) is 1. The number of nitrogens with one attached hydrogen (secondary N) is 1. The molecule has 2 aromatic rings. The number of anilines is 1. The van der Waals surface area contributed by atoms with Crippen molar-refractivity contribution in [1.82, 2.24) is 20.6 Å². The summed E-state index contributed by atoms with van der Waals surface area (Å²) in [5.74, 6) is 0.355. The van der Waals surface area contributed by atoms with Crippen LogP contribution in [0.3, 0.4) is 0 Å². The van der Waals surface area contributed by atoms with E-state index in [1.165, 1.54) is 0 Å². The van der Waals surface area contributed by atoms with Crippen LogP contribution in [-0.2, 0) is 4.79 Å². The zero-order chi connectivity index (χ0) is 11.7. The Hall–Kier alpha value is -2.24. The van der Waals surface area contributed by atoms with E-state index in [1.54, 1.807) is 4.90 Å². The molecule has 1 aliphatic rings. The molecular formula is C11H11N5O. The highest BCUT2D eigenvalue weighted by molar-refractivity contribution is 5.99. The Bertz CT molecular complexity index is 510. The first-order chi connectivity index (χ1) is 8.36. The van der Waals surface area contributed by atoms with Gasteiger partial charge in [-0.1, -0.05) is 18.2 Å². The standard InChI is InChI=1S/C11H11N5O/c17-11-9(10-12-14-15-13-10)6-7-16(11)8-4-2-1-3-5-8/h1-5,9H,6-7H2,(H,12,13,14,15). The molecule has 1 amide bonds. The van der Waals surface area contributed by atoms with Crippen molar-refractivity contribution in [3.63, 3.8) is 0 Å². The van der Waals surface area contributed by atoms with Crippen LogP contribution in [0.2, 0.25) is 0 Å². The first-order valence-electron chi connectivity index (χ1n) is 5.46. The van der Waals surface area contributed by atoms with E-state index in [9.17, 15) is 4.79 Å². The number of aromatic amines is 1. The highest BCUT2D eigenvalue weighted by atomic mass is 16.2. The van der Waals surface area contributed by atoms with Gasteiger partial charge < -0.3 is 4.90 Å². The van der Waals surface area contributed by atoms with Gasteiger partial charge in [-0.25, -0.2) is 5.10 Å². The van der Waals surface area contributed by atoms with Gasteiger partial charge in [0.05, 0.1) is 0 Å². The number of para-hydroxylation sites is 1. The van der Waals surface area contributed by atoms with Crippen molar-refractivity contribution in [2.24, 2.45) is 0 Å². The lowest BCUT2D eigenvalue weighted by atomic mass is 10.1. The summed E-state index contributed by atoms with van der Waals surface area (Å²) < 4.78 is 0. The molecule has 2 heterocycles. The van der Waals surface area contributed by atoms with Crippen LogP contribution in [0.15, 0.2) is 30.3 Å². The number of hydrogen-bond acceptors (Lipinski definition) is 4. The van der Waals surface area contributed by atoms with E-state index in [0.717, 1.165) is 12.1 Å². The minimum Gasteiger partial charge on any atom is -0.312 e. The largest absolute Gasteiger partial charge is 0.312 e. The van der Waals surface area contributed by atoms with Gasteiger partial charge in [0.25, 0.3) is 0 Å². The molecule has 1 aromatic carbocycles. The molecule has 86 valence electrons. The second-order valence-electron chi connectivity index (χ2n) is 3.95. The zero-order valence-corrected chi connectivity index (χ0v) is 9.08. The Morgan fingerprint density at radius 3 is 2.82 bits per heavy atom. The van der Waals surface area contributed by atoms with Crippen LogP contribution in [0.4, 0.5) is 5.69 Å². The van der Waals surface area contributed by atoms with E-state index in [0.29, 0.717) is 12.4 Å². The van der Waals surface area contributed by atoms with Gasteiger partial charge in [-0.05, 0) is 29.0 Å². The van der Waals surface area contributed by atoms with Gasteiger partial charge in [0.1, 0.15) is 5.92 Å². The number of benzene rings is 1. The molecule has 17 heavy (non-hydrogen) atoms. The molecule has 1 unspecified atom stereocenters. The number of nitrogens with zero attached hydrogens (tertiary/aromatic N) is 4. The van der Waals surface area contributed by atoms with Crippen molar-refractivity contribution in [1.29, 1.82) is 0 Å². The molecule has 1 N–H and O–H groups in total. The normalized spacial score (nSPS) is 19.9. The summed E-state index contributed by atoms with van der Waals surface area (Å²) in [5.41, 5.74) is 0.924. The molecular weight excluding hydrogens is 218 g/mol. The van der Waals surface area contributed by atoms with Crippen LogP contribution in [0.5, 0.6) is 0 Å². The lowest BCUT2D eigenvalue weighted by Gasteiger charge is -2.15. The van der Waals surface area contributed by atoms with Crippen LogP contribution in [0, 0.1) is 0 Å². The number of H-pyrrole nitrogens is 1. The van der Waals surface area contributed by atoms with Crippen LogP contribution < -0.4 is 4.90 Å². The fourth-order valence-electron chi connectivity index (χ4n) is 2.11. The maximum Gasteiger partial charge on any atom is 0.237 e. The van der Waals surface area contributed by atoms with Gasteiger partial charge in [-0.3, -0.25) is 4.79 Å². The van der Waals surface area contributed by atoms with Crippen molar-refractivity contribution in [2.75, 3.05) is 11.4 Å². The third-order valence-electron chi connectivity index (χ3n) is 2.97. The van der Waals surface area contributed by atoms with Gasteiger partial charge in [0, 0.05) is 12.2 Å². The second kappa shape index (κ2) is 3.97. The molecule has 6 nitrogen and oxygen atoms in total. The van der Waals surface area contributed by atoms with Crippen molar-refractivity contribution >= 4 is 11.6 Å². The predicted molar refractivity (Wildman–Crippen MR) is 60.3 cm³/mol. The lowest BCUT2D eigenvalue weighted by molar-refractivity contribution is -0.118. The molecule has 1 aromatic heterocycles. The summed E-state index contributed by atoms with van der Waals surface area (Å²) in [6, 6.07) is 9.64. The van der Waals surface area contributed by atoms with Crippen molar-refractivity contribution < 1.29 is 4.79 Å². The van der Waals surface area contributed by atoms with Crippen LogP contribution in [0.1, 0.15) is 18.2 Å². The Morgan fingerprint density at radius 1 is 1.29 bits per heavy atom. The average molecular weight is 229 g/mol. The highest BCUT2D eigenvalue weighted by Crippen LogP contribution is 2.29. The molecule has 1 fully saturated rings. The Kier molecular flexibility index (Phi) is 2.32. The molecule has 6 heteroatoms. The quantitative estimate of drug-likeness (QED) is 0.823. The molecule has 0 aliphatic carbocycles. The SMILES string of the molecule is O=C1C(c2nnn[nH]2)CCN1c1ccccc1. The summed E-state index contributed by atoms with van der Waals surface area (Å²) in [5, 5.41) is 13.5. The minimum atomic E-state index is -0.245. The third kappa shape index (κ3) is 1.67. The molecule has 0 saturated carbocycles. The molecule has 1 atom stereocenters. The fourth-order valence-corrected chi connectivity index (χ4v) is 2.11. The van der Waals surface area contributed by atoms with Gasteiger partial charge >= 0.3 is 0 Å². The van der Waals surface area contributed by atoms with E-state index in [4.69, 9.17) is 0 Å². The van der Waals surface area contributed by atoms with E-state index in [-0.39, 0.29) is 11.8 Å². The second-order valence-corrected chi connectivity index (χ2v) is 3.95. The van der Waals surface area contributed by atoms with Crippen molar-refractivity contribution in [2.45, 2.75) is 12.3 Å². The molecule has 1 saturated heterocycles. The van der Waals surface area contributed by atoms with Crippen molar-refractivity contribution in [3.8, 4) is 0 Å². The van der Waals surface area contributed by atoms with Gasteiger partial charge in [0.2, 0.25) is 5.91 Å². The first-order valence-corrected chi connectivity index (χ1v) is 5.46. The minimum absolute atomic E-state index is 0.0507. The van der Waals surface area contributed by atoms with Gasteiger partial charge in [-0.2, -0.15) is 0 Å². The van der Waals surface area contributed by atoms with Crippen LogP contribution in [0.25, 0.3) is 0 Å². The Morgan fingerprint density at radius 2 is 2.12 bits per heavy atom. The van der Waals surface area contributed by atoms with Crippen molar-refractivity contribution in [3.05, 3.63) is 36.2 Å². The number of tetrazole rings is 1. The maximum absolute atomic E-state index is 12.2. The third-order valence-corrected chi connectivity index (χ3v) is 2.97. The molecule has 0 radical (unpaired) electrons. The van der Waals surface area contributed by atoms with E-state index in [2.05, 4.69) is 20.6 Å². The molecule has 3 rings (SSSR count). The number of carbonyl (C=O) groups excluding carboxylic acids is 1. The van der Waals surface area contributed by atoms with Gasteiger partial charge in [-0.15, -0.1) is 5.10 Å². The lowest BCUT2D eigenvalue weighted by Crippen LogP contribution is -2.26. The number of amides is 1. The zero-order valence-electron chi connectivity index (χ0n) is 9.08. The van der Waals surface area contributed by atoms with E-state index < -0.39 is 0 Å². The van der Waals surface area contributed by atoms with E-state index in [1.807, 2.05) is 30.3 Å². The first kappa shape index (κ1) is 9.95. The Balaban J connectivity index is 1.86. The average Bonchev–Trinajstić information content (AvgIpc) is 2.99. The molecule has 0 bridgehead atoms. The fraction of sp³-hybridized carbons (Fsp3) is 0.273. The number of aromatic nitrogens is 4. The topological polar surface area (TPSA) is 74.8 Å². The maximum atomic E-state index is 12.2. The van der Waals surface area contributed by atoms with Crippen LogP contribution >= 0.6 is 0 Å². The smallest absolute Gasteiger partial charge is 0.237 e. The monoisotopic (exact) mass is 229 g/mol. The Labute approximate surface area is 97.6 Å². The summed E-state index contributed by atoms with van der Waals surface area (Å²) in [4.78, 5) is 14.0. The highest BCUT2D eigenvalue weighted by Gasteiger charge is 2.35. The van der Waals surface area contributed by atoms with E-state index >= 15 is 0 Å². The predicted octanol–water partition coefficient (Wildman–Crippen LogP) is 0.720. The summed E-state index contributed by atoms with van der Waals surface area (Å²) in [7, 11) is 0. The molecule has 0 spiro atoms. The number of carbonyl (C=O) groups is 1. The summed E-state index contributed by atoms with van der Waals surface area (Å²) in [6.07, 6.45) is 0.741. The number of rotatable bonds is 2. The molecule has 1 aliphatic heterocycles. The van der Waals surface area contributed by atoms with Crippen LogP contribution in [-0.4, -0.2) is 33.1 Å². The summed E-state index contributed by atoms with van der Waals surface area (Å²) >= 11 is 0.